The Morgan fingerprint density at radius 3 is 2.29 bits per heavy atom. The monoisotopic (exact) mass is 384 g/mol. The molecule has 0 fully saturated rings. The van der Waals surface area contributed by atoms with Crippen LogP contribution in [0.2, 0.25) is 5.02 Å². The van der Waals surface area contributed by atoms with Crippen molar-refractivity contribution in [1.29, 1.82) is 0 Å². The van der Waals surface area contributed by atoms with Gasteiger partial charge in [0.05, 0.1) is 11.4 Å². The Kier molecular flexibility index (Phi) is 4.10. The van der Waals surface area contributed by atoms with Crippen LogP contribution in [0.25, 0.3) is 5.70 Å². The number of nitrogens with one attached hydrogen (secondary N) is 1. The van der Waals surface area contributed by atoms with Gasteiger partial charge in [0.25, 0.3) is 0 Å². The van der Waals surface area contributed by atoms with Gasteiger partial charge in [-0.05, 0) is 23.3 Å². The molecular weight excluding hydrogens is 368 g/mol. The molecule has 136 valence electrons. The highest BCUT2D eigenvalue weighted by atomic mass is 35.5. The van der Waals surface area contributed by atoms with Gasteiger partial charge in [-0.25, -0.2) is 0 Å². The smallest absolute Gasteiger partial charge is 0.192 e. The van der Waals surface area contributed by atoms with Crippen LogP contribution in [0, 0.1) is 0 Å². The molecule has 1 heterocycles. The predicted octanol–water partition coefficient (Wildman–Crippen LogP) is 5.43. The normalized spacial score (nSPS) is 18.1. The molecule has 2 aliphatic rings. The SMILES string of the molecule is O=C1C2=C(NN=C(c3ccccc3)CC2c2ccc(Cl)cc2)c2ccccc21. The lowest BCUT2D eigenvalue weighted by Gasteiger charge is -2.18. The van der Waals surface area contributed by atoms with Gasteiger partial charge in [-0.1, -0.05) is 78.3 Å². The Hall–Kier alpha value is -3.17. The number of hydrogen-bond acceptors (Lipinski definition) is 3. The van der Waals surface area contributed by atoms with Gasteiger partial charge in [0.2, 0.25) is 0 Å². The third kappa shape index (κ3) is 2.76. The first-order chi connectivity index (χ1) is 13.7. The number of hydrazone groups is 1. The van der Waals surface area contributed by atoms with Gasteiger partial charge in [0, 0.05) is 34.1 Å². The molecule has 0 saturated heterocycles. The Balaban J connectivity index is 1.67. The molecule has 1 N–H and O–H groups in total. The van der Waals surface area contributed by atoms with Crippen molar-refractivity contribution in [2.45, 2.75) is 12.3 Å². The number of fused-ring (bicyclic) bond motifs is 2. The number of allylic oxidation sites excluding steroid dienone is 1. The lowest BCUT2D eigenvalue weighted by atomic mass is 9.83. The van der Waals surface area contributed by atoms with Gasteiger partial charge < -0.3 is 0 Å². The molecule has 28 heavy (non-hydrogen) atoms. The molecule has 0 saturated carbocycles. The summed E-state index contributed by atoms with van der Waals surface area (Å²) in [6.45, 7) is 0. The number of Topliss-reactive ketones (excluding diaryl/α,β-unsaturated/α-hetero) is 1. The zero-order valence-corrected chi connectivity index (χ0v) is 15.8. The van der Waals surface area contributed by atoms with E-state index in [9.17, 15) is 4.79 Å². The van der Waals surface area contributed by atoms with Crippen molar-refractivity contribution in [3.05, 3.63) is 112 Å². The summed E-state index contributed by atoms with van der Waals surface area (Å²) >= 11 is 6.11. The molecule has 1 unspecified atom stereocenters. The Morgan fingerprint density at radius 2 is 1.54 bits per heavy atom. The molecule has 1 aliphatic carbocycles. The lowest BCUT2D eigenvalue weighted by molar-refractivity contribution is 0.103. The van der Waals surface area contributed by atoms with Crippen molar-refractivity contribution in [1.82, 2.24) is 5.43 Å². The Labute approximate surface area is 168 Å². The van der Waals surface area contributed by atoms with Gasteiger partial charge in [-0.2, -0.15) is 5.10 Å². The number of nitrogens with zero attached hydrogens (tertiary/aromatic N) is 1. The average Bonchev–Trinajstić information content (AvgIpc) is 2.89. The zero-order valence-electron chi connectivity index (χ0n) is 15.0. The van der Waals surface area contributed by atoms with E-state index in [1.54, 1.807) is 0 Å². The van der Waals surface area contributed by atoms with Gasteiger partial charge in [-0.3, -0.25) is 10.2 Å². The van der Waals surface area contributed by atoms with Crippen molar-refractivity contribution in [3.8, 4) is 0 Å². The summed E-state index contributed by atoms with van der Waals surface area (Å²) in [5, 5.41) is 5.38. The third-order valence-corrected chi connectivity index (χ3v) is 5.63. The highest BCUT2D eigenvalue weighted by Gasteiger charge is 2.37. The second kappa shape index (κ2) is 6.77. The third-order valence-electron chi connectivity index (χ3n) is 5.38. The van der Waals surface area contributed by atoms with E-state index < -0.39 is 0 Å². The van der Waals surface area contributed by atoms with Gasteiger partial charge in [0.15, 0.2) is 5.78 Å². The van der Waals surface area contributed by atoms with E-state index in [-0.39, 0.29) is 11.7 Å². The molecule has 3 aromatic rings. The van der Waals surface area contributed by atoms with Crippen LogP contribution in [0.15, 0.2) is 89.5 Å². The van der Waals surface area contributed by atoms with E-state index in [4.69, 9.17) is 16.7 Å². The number of benzene rings is 3. The first-order valence-corrected chi connectivity index (χ1v) is 9.62. The fourth-order valence-corrected chi connectivity index (χ4v) is 4.14. The van der Waals surface area contributed by atoms with Crippen LogP contribution in [0.4, 0.5) is 0 Å². The molecule has 0 spiro atoms. The second-order valence-electron chi connectivity index (χ2n) is 7.01. The molecule has 5 rings (SSSR count). The van der Waals surface area contributed by atoms with Gasteiger partial charge in [-0.15, -0.1) is 0 Å². The fourth-order valence-electron chi connectivity index (χ4n) is 4.01. The second-order valence-corrected chi connectivity index (χ2v) is 7.44. The molecule has 4 heteroatoms. The summed E-state index contributed by atoms with van der Waals surface area (Å²) in [5.41, 5.74) is 9.49. The highest BCUT2D eigenvalue weighted by Crippen LogP contribution is 2.42. The minimum absolute atomic E-state index is 0.0718. The van der Waals surface area contributed by atoms with Crippen molar-refractivity contribution in [2.75, 3.05) is 0 Å². The van der Waals surface area contributed by atoms with E-state index in [1.165, 1.54) is 0 Å². The number of carbonyl (C=O) groups is 1. The average molecular weight is 385 g/mol. The topological polar surface area (TPSA) is 41.5 Å². The summed E-state index contributed by atoms with van der Waals surface area (Å²) < 4.78 is 0. The summed E-state index contributed by atoms with van der Waals surface area (Å²) in [5.74, 6) is -0.0244. The van der Waals surface area contributed by atoms with Crippen molar-refractivity contribution < 1.29 is 4.79 Å². The molecular formula is C24H17ClN2O. The van der Waals surface area contributed by atoms with Crippen LogP contribution in [0.5, 0.6) is 0 Å². The van der Waals surface area contributed by atoms with Crippen LogP contribution < -0.4 is 5.43 Å². The zero-order chi connectivity index (χ0) is 19.1. The number of halogens is 1. The largest absolute Gasteiger partial charge is 0.289 e. The first-order valence-electron chi connectivity index (χ1n) is 9.24. The Morgan fingerprint density at radius 1 is 0.857 bits per heavy atom. The summed E-state index contributed by atoms with van der Waals surface area (Å²) in [6, 6.07) is 25.6. The number of ketones is 1. The van der Waals surface area contributed by atoms with Crippen LogP contribution in [0.1, 0.15) is 39.4 Å². The molecule has 0 amide bonds. The standard InChI is InChI=1S/C24H17ClN2O/c25-17-12-10-15(11-13-17)20-14-21(16-6-2-1-3-7-16)26-27-23-18-8-4-5-9-19(18)24(28)22(20)23/h1-13,20,27H,14H2. The Bertz CT molecular complexity index is 1130. The van der Waals surface area contributed by atoms with Crippen LogP contribution >= 0.6 is 11.6 Å². The molecule has 0 radical (unpaired) electrons. The van der Waals surface area contributed by atoms with Gasteiger partial charge >= 0.3 is 0 Å². The van der Waals surface area contributed by atoms with Crippen LogP contribution in [-0.4, -0.2) is 11.5 Å². The van der Waals surface area contributed by atoms with E-state index in [2.05, 4.69) is 5.43 Å². The molecule has 3 aromatic carbocycles. The summed E-state index contributed by atoms with van der Waals surface area (Å²) in [4.78, 5) is 13.3. The molecule has 1 aliphatic heterocycles. The minimum Gasteiger partial charge on any atom is -0.289 e. The van der Waals surface area contributed by atoms with Crippen molar-refractivity contribution in [2.24, 2.45) is 5.10 Å². The van der Waals surface area contributed by atoms with E-state index in [0.717, 1.165) is 39.2 Å². The number of rotatable bonds is 2. The van der Waals surface area contributed by atoms with E-state index in [0.29, 0.717) is 11.4 Å². The molecule has 3 nitrogen and oxygen atoms in total. The maximum Gasteiger partial charge on any atom is 0.192 e. The molecule has 0 bridgehead atoms. The predicted molar refractivity (Wildman–Crippen MR) is 113 cm³/mol. The lowest BCUT2D eigenvalue weighted by Crippen LogP contribution is -2.14. The number of hydrogen-bond donors (Lipinski definition) is 1. The first kappa shape index (κ1) is 17.0. The van der Waals surface area contributed by atoms with E-state index >= 15 is 0 Å². The molecule has 0 aromatic heterocycles. The minimum atomic E-state index is -0.0962. The van der Waals surface area contributed by atoms with Crippen LogP contribution in [-0.2, 0) is 0 Å². The summed E-state index contributed by atoms with van der Waals surface area (Å²) in [6.07, 6.45) is 0.636. The number of carbonyl (C=O) groups excluding carboxylic acids is 1. The maximum atomic E-state index is 13.3. The molecule has 1 atom stereocenters. The maximum absolute atomic E-state index is 13.3. The van der Waals surface area contributed by atoms with Crippen LogP contribution in [0.3, 0.4) is 0 Å². The highest BCUT2D eigenvalue weighted by molar-refractivity contribution is 6.30. The van der Waals surface area contributed by atoms with E-state index in [1.807, 2.05) is 78.9 Å². The van der Waals surface area contributed by atoms with Crippen molar-refractivity contribution >= 4 is 28.8 Å². The van der Waals surface area contributed by atoms with Gasteiger partial charge in [0.1, 0.15) is 0 Å². The van der Waals surface area contributed by atoms with Crippen molar-refractivity contribution in [3.63, 3.8) is 0 Å². The fraction of sp³-hybridized carbons (Fsp3) is 0.0833. The summed E-state index contributed by atoms with van der Waals surface area (Å²) in [7, 11) is 0. The quantitative estimate of drug-likeness (QED) is 0.640.